The number of hydrogen-bond acceptors (Lipinski definition) is 4. The molecular weight excluding hydrogens is 328 g/mol. The average Bonchev–Trinajstić information content (AvgIpc) is 2.69. The fraction of sp³-hybridized carbons (Fsp3) is 0.350. The highest BCUT2D eigenvalue weighted by atomic mass is 16.2. The number of hydrogen-bond donors (Lipinski definition) is 0. The molecule has 0 saturated carbocycles. The number of benzene rings is 1. The molecule has 6 heteroatoms. The molecule has 1 aliphatic rings. The molecule has 0 unspecified atom stereocenters. The summed E-state index contributed by atoms with van der Waals surface area (Å²) in [4.78, 5) is 35.5. The van der Waals surface area contributed by atoms with Crippen LogP contribution in [0.25, 0.3) is 0 Å². The van der Waals surface area contributed by atoms with E-state index in [2.05, 4.69) is 9.88 Å². The summed E-state index contributed by atoms with van der Waals surface area (Å²) in [6, 6.07) is 11.2. The van der Waals surface area contributed by atoms with Gasteiger partial charge in [0.25, 0.3) is 11.8 Å². The maximum atomic E-state index is 12.9. The number of amides is 2. The van der Waals surface area contributed by atoms with Crippen molar-refractivity contribution in [2.45, 2.75) is 6.92 Å². The van der Waals surface area contributed by atoms with Crippen LogP contribution in [-0.4, -0.2) is 66.4 Å². The van der Waals surface area contributed by atoms with Crippen molar-refractivity contribution < 1.29 is 9.59 Å². The summed E-state index contributed by atoms with van der Waals surface area (Å²) in [7, 11) is 2.05. The molecule has 1 fully saturated rings. The number of pyridine rings is 1. The van der Waals surface area contributed by atoms with Crippen LogP contribution in [0.4, 0.5) is 5.69 Å². The molecule has 0 bridgehead atoms. The molecule has 2 heterocycles. The molecule has 1 aliphatic heterocycles. The predicted molar refractivity (Wildman–Crippen MR) is 101 cm³/mol. The lowest BCUT2D eigenvalue weighted by Gasteiger charge is -2.32. The van der Waals surface area contributed by atoms with Crippen molar-refractivity contribution in [3.05, 3.63) is 59.9 Å². The fourth-order valence-electron chi connectivity index (χ4n) is 3.07. The van der Waals surface area contributed by atoms with Gasteiger partial charge in [0.05, 0.1) is 11.1 Å². The van der Waals surface area contributed by atoms with Gasteiger partial charge in [0.2, 0.25) is 0 Å². The Labute approximate surface area is 154 Å². The Kier molecular flexibility index (Phi) is 5.63. The monoisotopic (exact) mass is 352 g/mol. The van der Waals surface area contributed by atoms with Gasteiger partial charge in [-0.2, -0.15) is 0 Å². The number of nitrogens with zero attached hydrogens (tertiary/aromatic N) is 4. The number of carbonyl (C=O) groups is 2. The van der Waals surface area contributed by atoms with E-state index in [1.54, 1.807) is 11.0 Å². The van der Waals surface area contributed by atoms with Gasteiger partial charge in [0, 0.05) is 50.8 Å². The van der Waals surface area contributed by atoms with Gasteiger partial charge in [-0.3, -0.25) is 14.6 Å². The Morgan fingerprint density at radius 3 is 2.35 bits per heavy atom. The van der Waals surface area contributed by atoms with Crippen LogP contribution in [0.2, 0.25) is 0 Å². The zero-order chi connectivity index (χ0) is 18.5. The zero-order valence-electron chi connectivity index (χ0n) is 15.3. The van der Waals surface area contributed by atoms with E-state index in [1.807, 2.05) is 49.2 Å². The molecule has 6 nitrogen and oxygen atoms in total. The molecular formula is C20H24N4O2. The van der Waals surface area contributed by atoms with Gasteiger partial charge in [-0.25, -0.2) is 0 Å². The lowest BCUT2D eigenvalue weighted by atomic mass is 10.1. The largest absolute Gasteiger partial charge is 0.336 e. The molecule has 0 spiro atoms. The number of aromatic nitrogens is 1. The van der Waals surface area contributed by atoms with E-state index in [0.29, 0.717) is 30.8 Å². The third-order valence-corrected chi connectivity index (χ3v) is 4.65. The van der Waals surface area contributed by atoms with Crippen molar-refractivity contribution in [2.75, 3.05) is 44.7 Å². The van der Waals surface area contributed by atoms with Crippen molar-refractivity contribution >= 4 is 17.5 Å². The topological polar surface area (TPSA) is 56.8 Å². The first-order valence-corrected chi connectivity index (χ1v) is 8.90. The number of rotatable bonds is 4. The van der Waals surface area contributed by atoms with Crippen LogP contribution in [0.5, 0.6) is 0 Å². The molecule has 0 aliphatic carbocycles. The summed E-state index contributed by atoms with van der Waals surface area (Å²) in [5.74, 6) is -0.220. The van der Waals surface area contributed by atoms with E-state index in [4.69, 9.17) is 0 Å². The number of likely N-dealkylation sites (N-methyl/N-ethyl adjacent to an activating group) is 1. The van der Waals surface area contributed by atoms with Crippen molar-refractivity contribution in [3.8, 4) is 0 Å². The van der Waals surface area contributed by atoms with Gasteiger partial charge < -0.3 is 14.7 Å². The summed E-state index contributed by atoms with van der Waals surface area (Å²) < 4.78 is 0. The van der Waals surface area contributed by atoms with Crippen LogP contribution in [-0.2, 0) is 0 Å². The number of anilines is 1. The Balaban J connectivity index is 1.80. The maximum Gasteiger partial charge on any atom is 0.259 e. The van der Waals surface area contributed by atoms with Gasteiger partial charge in [0.15, 0.2) is 0 Å². The summed E-state index contributed by atoms with van der Waals surface area (Å²) >= 11 is 0. The Morgan fingerprint density at radius 1 is 1.04 bits per heavy atom. The first kappa shape index (κ1) is 18.1. The smallest absolute Gasteiger partial charge is 0.259 e. The highest BCUT2D eigenvalue weighted by Gasteiger charge is 2.22. The Hall–Kier alpha value is -2.73. The van der Waals surface area contributed by atoms with Crippen LogP contribution < -0.4 is 4.90 Å². The standard InChI is InChI=1S/C20H24N4O2/c1-3-24(18-7-5-4-6-8-18)20(26)17-13-16(14-21-15-17)19(25)23-11-9-22(2)10-12-23/h4-8,13-15H,3,9-12H2,1-2H3. The van der Waals surface area contributed by atoms with Crippen molar-refractivity contribution in [1.82, 2.24) is 14.8 Å². The third-order valence-electron chi connectivity index (χ3n) is 4.65. The summed E-state index contributed by atoms with van der Waals surface area (Å²) in [5, 5.41) is 0. The first-order chi connectivity index (χ1) is 12.6. The number of para-hydroxylation sites is 1. The Morgan fingerprint density at radius 2 is 1.69 bits per heavy atom. The summed E-state index contributed by atoms with van der Waals surface area (Å²) in [6.07, 6.45) is 3.06. The van der Waals surface area contributed by atoms with Gasteiger partial charge >= 0.3 is 0 Å². The molecule has 1 aromatic heterocycles. The van der Waals surface area contributed by atoms with Crippen LogP contribution in [0.3, 0.4) is 0 Å². The van der Waals surface area contributed by atoms with Gasteiger partial charge in [-0.15, -0.1) is 0 Å². The zero-order valence-corrected chi connectivity index (χ0v) is 15.3. The van der Waals surface area contributed by atoms with Crippen molar-refractivity contribution in [2.24, 2.45) is 0 Å². The molecule has 1 aromatic carbocycles. The van der Waals surface area contributed by atoms with E-state index in [0.717, 1.165) is 18.8 Å². The second kappa shape index (κ2) is 8.10. The van der Waals surface area contributed by atoms with Gasteiger partial charge in [-0.05, 0) is 32.2 Å². The molecule has 136 valence electrons. The quantitative estimate of drug-likeness (QED) is 0.846. The molecule has 0 radical (unpaired) electrons. The second-order valence-corrected chi connectivity index (χ2v) is 6.44. The number of carbonyl (C=O) groups excluding carboxylic acids is 2. The highest BCUT2D eigenvalue weighted by Crippen LogP contribution is 2.17. The maximum absolute atomic E-state index is 12.9. The molecule has 1 saturated heterocycles. The second-order valence-electron chi connectivity index (χ2n) is 6.44. The molecule has 0 N–H and O–H groups in total. The van der Waals surface area contributed by atoms with E-state index in [1.165, 1.54) is 12.4 Å². The van der Waals surface area contributed by atoms with Crippen molar-refractivity contribution in [3.63, 3.8) is 0 Å². The average molecular weight is 352 g/mol. The van der Waals surface area contributed by atoms with Gasteiger partial charge in [0.1, 0.15) is 0 Å². The van der Waals surface area contributed by atoms with E-state index >= 15 is 0 Å². The molecule has 0 atom stereocenters. The third kappa shape index (κ3) is 3.91. The lowest BCUT2D eigenvalue weighted by molar-refractivity contribution is 0.0663. The SMILES string of the molecule is CCN(C(=O)c1cncc(C(=O)N2CCN(C)CC2)c1)c1ccccc1. The van der Waals surface area contributed by atoms with Crippen LogP contribution in [0, 0.1) is 0 Å². The summed E-state index contributed by atoms with van der Waals surface area (Å²) in [5.41, 5.74) is 1.72. The minimum atomic E-state index is -0.153. The normalized spacial score (nSPS) is 14.9. The molecule has 2 amide bonds. The molecule has 3 rings (SSSR count). The van der Waals surface area contributed by atoms with Crippen molar-refractivity contribution in [1.29, 1.82) is 0 Å². The minimum absolute atomic E-state index is 0.0667. The molecule has 26 heavy (non-hydrogen) atoms. The predicted octanol–water partition coefficient (Wildman–Crippen LogP) is 2.14. The molecule has 2 aromatic rings. The van der Waals surface area contributed by atoms with E-state index < -0.39 is 0 Å². The minimum Gasteiger partial charge on any atom is -0.336 e. The Bertz CT molecular complexity index is 770. The first-order valence-electron chi connectivity index (χ1n) is 8.90. The number of piperazine rings is 1. The van der Waals surface area contributed by atoms with Crippen LogP contribution >= 0.6 is 0 Å². The van der Waals surface area contributed by atoms with Crippen LogP contribution in [0.15, 0.2) is 48.8 Å². The van der Waals surface area contributed by atoms with E-state index in [9.17, 15) is 9.59 Å². The van der Waals surface area contributed by atoms with Gasteiger partial charge in [-0.1, -0.05) is 18.2 Å². The highest BCUT2D eigenvalue weighted by molar-refractivity contribution is 6.07. The van der Waals surface area contributed by atoms with E-state index in [-0.39, 0.29) is 11.8 Å². The fourth-order valence-corrected chi connectivity index (χ4v) is 3.07. The van der Waals surface area contributed by atoms with Crippen LogP contribution in [0.1, 0.15) is 27.6 Å². The summed E-state index contributed by atoms with van der Waals surface area (Å²) in [6.45, 7) is 5.57. The lowest BCUT2D eigenvalue weighted by Crippen LogP contribution is -2.47.